The summed E-state index contributed by atoms with van der Waals surface area (Å²) in [6.07, 6.45) is 1.13. The van der Waals surface area contributed by atoms with Gasteiger partial charge in [0.15, 0.2) is 11.6 Å². The first-order chi connectivity index (χ1) is 8.99. The highest BCUT2D eigenvalue weighted by Crippen LogP contribution is 2.24. The standard InChI is InChI=1S/C13H11FN2O3/c1-7-4-3-5-10(11(7)14)19-13-15-6-9(12(17)18)8(2)16-13/h3-6H,1-2H3,(H,17,18). The van der Waals surface area contributed by atoms with Crippen molar-refractivity contribution in [1.29, 1.82) is 0 Å². The highest BCUT2D eigenvalue weighted by Gasteiger charge is 2.13. The SMILES string of the molecule is Cc1cccc(Oc2ncc(C(=O)O)c(C)n2)c1F. The zero-order chi connectivity index (χ0) is 14.0. The molecule has 5 nitrogen and oxygen atoms in total. The van der Waals surface area contributed by atoms with E-state index in [0.29, 0.717) is 5.56 Å². The average molecular weight is 262 g/mol. The van der Waals surface area contributed by atoms with Crippen LogP contribution in [0.5, 0.6) is 11.8 Å². The zero-order valence-electron chi connectivity index (χ0n) is 10.3. The molecular formula is C13H11FN2O3. The van der Waals surface area contributed by atoms with Crippen molar-refractivity contribution in [2.75, 3.05) is 0 Å². The Labute approximate surface area is 108 Å². The summed E-state index contributed by atoms with van der Waals surface area (Å²) < 4.78 is 18.9. The third-order valence-corrected chi connectivity index (χ3v) is 2.55. The number of aromatic carboxylic acids is 1. The number of ether oxygens (including phenoxy) is 1. The second kappa shape index (κ2) is 5.01. The van der Waals surface area contributed by atoms with Crippen molar-refractivity contribution in [3.63, 3.8) is 0 Å². The van der Waals surface area contributed by atoms with Crippen LogP contribution in [0.3, 0.4) is 0 Å². The van der Waals surface area contributed by atoms with Gasteiger partial charge in [-0.15, -0.1) is 0 Å². The first-order valence-corrected chi connectivity index (χ1v) is 5.49. The van der Waals surface area contributed by atoms with E-state index in [9.17, 15) is 9.18 Å². The van der Waals surface area contributed by atoms with Gasteiger partial charge in [0.1, 0.15) is 0 Å². The van der Waals surface area contributed by atoms with Crippen LogP contribution in [-0.2, 0) is 0 Å². The molecule has 1 N–H and O–H groups in total. The second-order valence-electron chi connectivity index (χ2n) is 3.95. The molecule has 0 aliphatic carbocycles. The van der Waals surface area contributed by atoms with Crippen molar-refractivity contribution in [3.8, 4) is 11.8 Å². The Kier molecular flexibility index (Phi) is 3.41. The topological polar surface area (TPSA) is 72.3 Å². The molecule has 0 aliphatic heterocycles. The van der Waals surface area contributed by atoms with Gasteiger partial charge in [0, 0.05) is 6.20 Å². The minimum atomic E-state index is -1.12. The molecule has 1 aromatic carbocycles. The number of carboxylic acid groups (broad SMARTS) is 1. The van der Waals surface area contributed by atoms with Crippen molar-refractivity contribution in [1.82, 2.24) is 9.97 Å². The van der Waals surface area contributed by atoms with E-state index in [4.69, 9.17) is 9.84 Å². The van der Waals surface area contributed by atoms with E-state index in [2.05, 4.69) is 9.97 Å². The third kappa shape index (κ3) is 2.67. The lowest BCUT2D eigenvalue weighted by Crippen LogP contribution is -2.04. The number of rotatable bonds is 3. The number of aryl methyl sites for hydroxylation is 2. The largest absolute Gasteiger partial charge is 0.478 e. The normalized spacial score (nSPS) is 10.3. The van der Waals surface area contributed by atoms with Crippen molar-refractivity contribution >= 4 is 5.97 Å². The lowest BCUT2D eigenvalue weighted by molar-refractivity contribution is 0.0695. The molecule has 1 aromatic heterocycles. The molecule has 98 valence electrons. The van der Waals surface area contributed by atoms with Crippen LogP contribution in [-0.4, -0.2) is 21.0 Å². The van der Waals surface area contributed by atoms with Crippen LogP contribution in [0.15, 0.2) is 24.4 Å². The lowest BCUT2D eigenvalue weighted by atomic mass is 10.2. The quantitative estimate of drug-likeness (QED) is 0.920. The Hall–Kier alpha value is -2.50. The van der Waals surface area contributed by atoms with Crippen molar-refractivity contribution in [2.45, 2.75) is 13.8 Å². The molecule has 6 heteroatoms. The van der Waals surface area contributed by atoms with Gasteiger partial charge in [0.25, 0.3) is 0 Å². The maximum atomic E-state index is 13.7. The number of carboxylic acids is 1. The van der Waals surface area contributed by atoms with E-state index in [1.165, 1.54) is 13.0 Å². The van der Waals surface area contributed by atoms with E-state index >= 15 is 0 Å². The van der Waals surface area contributed by atoms with Gasteiger partial charge in [0.2, 0.25) is 0 Å². The third-order valence-electron chi connectivity index (χ3n) is 2.55. The molecule has 1 heterocycles. The van der Waals surface area contributed by atoms with Crippen molar-refractivity contribution in [2.24, 2.45) is 0 Å². The van der Waals surface area contributed by atoms with Gasteiger partial charge < -0.3 is 9.84 Å². The molecule has 0 saturated carbocycles. The number of hydrogen-bond acceptors (Lipinski definition) is 4. The highest BCUT2D eigenvalue weighted by molar-refractivity contribution is 5.88. The molecule has 0 unspecified atom stereocenters. The molecule has 2 rings (SSSR count). The van der Waals surface area contributed by atoms with E-state index < -0.39 is 11.8 Å². The van der Waals surface area contributed by atoms with Crippen LogP contribution < -0.4 is 4.74 Å². The van der Waals surface area contributed by atoms with Crippen LogP contribution in [0.2, 0.25) is 0 Å². The number of halogens is 1. The summed E-state index contributed by atoms with van der Waals surface area (Å²) in [6.45, 7) is 3.13. The van der Waals surface area contributed by atoms with Crippen LogP contribution in [0.1, 0.15) is 21.6 Å². The maximum absolute atomic E-state index is 13.7. The first-order valence-electron chi connectivity index (χ1n) is 5.49. The van der Waals surface area contributed by atoms with Crippen LogP contribution in [0.25, 0.3) is 0 Å². The number of nitrogens with zero attached hydrogens (tertiary/aromatic N) is 2. The summed E-state index contributed by atoms with van der Waals surface area (Å²) >= 11 is 0. The molecule has 0 spiro atoms. The summed E-state index contributed by atoms with van der Waals surface area (Å²) in [5.74, 6) is -1.61. The molecule has 0 saturated heterocycles. The summed E-state index contributed by atoms with van der Waals surface area (Å²) in [5.41, 5.74) is 0.680. The molecule has 0 fully saturated rings. The maximum Gasteiger partial charge on any atom is 0.339 e. The molecule has 0 atom stereocenters. The van der Waals surface area contributed by atoms with E-state index in [0.717, 1.165) is 6.20 Å². The van der Waals surface area contributed by atoms with Gasteiger partial charge >= 0.3 is 12.0 Å². The molecule has 0 bridgehead atoms. The van der Waals surface area contributed by atoms with Gasteiger partial charge in [-0.1, -0.05) is 12.1 Å². The number of aromatic nitrogens is 2. The first kappa shape index (κ1) is 12.9. The van der Waals surface area contributed by atoms with Gasteiger partial charge in [-0.2, -0.15) is 4.98 Å². The smallest absolute Gasteiger partial charge is 0.339 e. The van der Waals surface area contributed by atoms with Gasteiger partial charge in [0.05, 0.1) is 11.3 Å². The fourth-order valence-corrected chi connectivity index (χ4v) is 1.50. The van der Waals surface area contributed by atoms with Gasteiger partial charge in [-0.05, 0) is 25.5 Å². The van der Waals surface area contributed by atoms with Gasteiger partial charge in [-0.3, -0.25) is 0 Å². The fraction of sp³-hybridized carbons (Fsp3) is 0.154. The summed E-state index contributed by atoms with van der Waals surface area (Å²) in [7, 11) is 0. The predicted octanol–water partition coefficient (Wildman–Crippen LogP) is 2.72. The number of benzene rings is 1. The van der Waals surface area contributed by atoms with Crippen LogP contribution in [0, 0.1) is 19.7 Å². The molecule has 2 aromatic rings. The molecule has 19 heavy (non-hydrogen) atoms. The monoisotopic (exact) mass is 262 g/mol. The number of hydrogen-bond donors (Lipinski definition) is 1. The molecule has 0 aliphatic rings. The second-order valence-corrected chi connectivity index (χ2v) is 3.95. The average Bonchev–Trinajstić information content (AvgIpc) is 2.34. The Morgan fingerprint density at radius 2 is 2.11 bits per heavy atom. The molecule has 0 radical (unpaired) electrons. The Morgan fingerprint density at radius 1 is 1.37 bits per heavy atom. The molecular weight excluding hydrogens is 251 g/mol. The minimum absolute atomic E-state index is 0.00229. The fourth-order valence-electron chi connectivity index (χ4n) is 1.50. The van der Waals surface area contributed by atoms with Gasteiger partial charge in [-0.25, -0.2) is 14.2 Å². The Balaban J connectivity index is 2.32. The van der Waals surface area contributed by atoms with Crippen molar-refractivity contribution in [3.05, 3.63) is 47.0 Å². The Bertz CT molecular complexity index is 644. The predicted molar refractivity (Wildman–Crippen MR) is 64.9 cm³/mol. The summed E-state index contributed by atoms with van der Waals surface area (Å²) in [4.78, 5) is 18.4. The highest BCUT2D eigenvalue weighted by atomic mass is 19.1. The van der Waals surface area contributed by atoms with Crippen LogP contribution >= 0.6 is 0 Å². The minimum Gasteiger partial charge on any atom is -0.478 e. The summed E-state index contributed by atoms with van der Waals surface area (Å²) in [5, 5.41) is 8.85. The van der Waals surface area contributed by atoms with E-state index in [-0.39, 0.29) is 23.0 Å². The van der Waals surface area contributed by atoms with Crippen LogP contribution in [0.4, 0.5) is 4.39 Å². The summed E-state index contributed by atoms with van der Waals surface area (Å²) in [6, 6.07) is 4.62. The van der Waals surface area contributed by atoms with E-state index in [1.54, 1.807) is 19.1 Å². The lowest BCUT2D eigenvalue weighted by Gasteiger charge is -2.07. The van der Waals surface area contributed by atoms with E-state index in [1.807, 2.05) is 0 Å². The Morgan fingerprint density at radius 3 is 2.74 bits per heavy atom. The molecule has 0 amide bonds. The zero-order valence-corrected chi connectivity index (χ0v) is 10.3. The number of carbonyl (C=O) groups is 1. The van der Waals surface area contributed by atoms with Crippen molar-refractivity contribution < 1.29 is 19.0 Å².